The van der Waals surface area contributed by atoms with E-state index in [1.165, 1.54) is 0 Å². The van der Waals surface area contributed by atoms with E-state index >= 15 is 0 Å². The molecule has 1 saturated carbocycles. The van der Waals surface area contributed by atoms with Gasteiger partial charge in [0.2, 0.25) is 5.60 Å². The van der Waals surface area contributed by atoms with E-state index in [1.54, 1.807) is 0 Å². The Bertz CT molecular complexity index is 1170. The largest absolute Gasteiger partial charge is 0.490 e. The number of alkyl halides is 4. The lowest BCUT2D eigenvalue weighted by atomic mass is 10.1. The van der Waals surface area contributed by atoms with Crippen molar-refractivity contribution in [3.8, 4) is 0 Å². The first-order valence-electron chi connectivity index (χ1n) is 7.95. The van der Waals surface area contributed by atoms with E-state index in [0.717, 1.165) is 6.07 Å². The van der Waals surface area contributed by atoms with Crippen LogP contribution in [0.4, 0.5) is 23.4 Å². The molecular weight excluding hydrogens is 539 g/mol. The fourth-order valence-electron chi connectivity index (χ4n) is 3.24. The molecule has 33 heavy (non-hydrogen) atoms. The van der Waals surface area contributed by atoms with Gasteiger partial charge in [-0.15, -0.1) is 0 Å². The summed E-state index contributed by atoms with van der Waals surface area (Å²) in [4.78, 5) is 50.4. The number of nitrogens with zero attached hydrogens (tertiary/aromatic N) is 2. The Morgan fingerprint density at radius 1 is 1.15 bits per heavy atom. The predicted molar refractivity (Wildman–Crippen MR) is 90.4 cm³/mol. The van der Waals surface area contributed by atoms with Crippen LogP contribution < -0.4 is 11.4 Å². The monoisotopic (exact) mass is 551 g/mol. The van der Waals surface area contributed by atoms with Crippen LogP contribution in [0.25, 0.3) is 0 Å². The summed E-state index contributed by atoms with van der Waals surface area (Å²) in [6.45, 7) is 0. The second kappa shape index (κ2) is 7.61. The van der Waals surface area contributed by atoms with Crippen molar-refractivity contribution in [3.05, 3.63) is 22.7 Å². The number of phosphoric acid groups is 3. The summed E-state index contributed by atoms with van der Waals surface area (Å²) < 4.78 is 105. The zero-order valence-electron chi connectivity index (χ0n) is 15.2. The molecule has 7 atom stereocenters. The average Bonchev–Trinajstić information content (AvgIpc) is 2.96. The highest BCUT2D eigenvalue weighted by molar-refractivity contribution is 7.66. The molecule has 7 N–H and O–H groups in total. The summed E-state index contributed by atoms with van der Waals surface area (Å²) in [5.74, 6) is -0.385. The number of fused-ring (bicyclic) bond motifs is 1. The van der Waals surface area contributed by atoms with Crippen LogP contribution in [0.15, 0.2) is 17.1 Å². The van der Waals surface area contributed by atoms with Crippen LogP contribution in [0.5, 0.6) is 0 Å². The molecule has 1 aliphatic heterocycles. The zero-order valence-corrected chi connectivity index (χ0v) is 17.9. The van der Waals surface area contributed by atoms with Gasteiger partial charge in [-0.25, -0.2) is 22.9 Å². The van der Waals surface area contributed by atoms with Crippen molar-refractivity contribution in [2.45, 2.75) is 35.9 Å². The lowest BCUT2D eigenvalue weighted by Gasteiger charge is -2.25. The van der Waals surface area contributed by atoms with Gasteiger partial charge in [0.1, 0.15) is 11.9 Å². The van der Waals surface area contributed by atoms with E-state index < -0.39 is 65.0 Å². The summed E-state index contributed by atoms with van der Waals surface area (Å²) in [5.41, 5.74) is -4.04. The average molecular weight is 551 g/mol. The number of hydrogen-bond donors (Lipinski definition) is 6. The first-order chi connectivity index (χ1) is 14.7. The third-order valence-electron chi connectivity index (χ3n) is 4.46. The minimum atomic E-state index is -6.22. The Morgan fingerprint density at radius 3 is 2.18 bits per heavy atom. The first kappa shape index (κ1) is 26.3. The van der Waals surface area contributed by atoms with Gasteiger partial charge in [-0.2, -0.15) is 26.8 Å². The number of hydrogen-bond acceptors (Lipinski definition) is 11. The quantitative estimate of drug-likeness (QED) is 0.184. The van der Waals surface area contributed by atoms with E-state index in [4.69, 9.17) is 20.4 Å². The number of aromatic nitrogens is 2. The van der Waals surface area contributed by atoms with Crippen molar-refractivity contribution in [1.82, 2.24) is 9.55 Å². The molecular formula is C10H12F4N3O13P3. The minimum Gasteiger partial charge on any atom is -0.383 e. The maximum atomic E-state index is 14.9. The summed E-state index contributed by atoms with van der Waals surface area (Å²) in [6, 6.07) is 0.884. The second-order valence-corrected chi connectivity index (χ2v) is 11.0. The van der Waals surface area contributed by atoms with Gasteiger partial charge in [-0.05, 0) is 6.07 Å². The number of ether oxygens (including phenoxy) is 1. The van der Waals surface area contributed by atoms with Crippen molar-refractivity contribution in [3.63, 3.8) is 0 Å². The molecule has 1 aromatic heterocycles. The fraction of sp³-hybridized carbons (Fsp3) is 0.600. The summed E-state index contributed by atoms with van der Waals surface area (Å²) >= 11 is 0. The highest BCUT2D eigenvalue weighted by atomic mass is 31.3. The van der Waals surface area contributed by atoms with E-state index in [1.807, 2.05) is 0 Å². The van der Waals surface area contributed by atoms with Crippen molar-refractivity contribution >= 4 is 29.3 Å². The third kappa shape index (κ3) is 4.42. The topological polar surface area (TPSA) is 250 Å². The number of halogens is 4. The summed E-state index contributed by atoms with van der Waals surface area (Å²) in [6.07, 6.45) is -13.8. The molecule has 0 spiro atoms. The predicted octanol–water partition coefficient (Wildman–Crippen LogP) is -0.550. The molecule has 1 aliphatic carbocycles. The van der Waals surface area contributed by atoms with Crippen molar-refractivity contribution < 1.29 is 73.8 Å². The maximum absolute atomic E-state index is 14.9. The van der Waals surface area contributed by atoms with Gasteiger partial charge in [-0.3, -0.25) is 9.09 Å². The highest BCUT2D eigenvalue weighted by Gasteiger charge is 2.99. The number of anilines is 1. The molecule has 188 valence electrons. The van der Waals surface area contributed by atoms with Gasteiger partial charge in [0.15, 0.2) is 18.0 Å². The van der Waals surface area contributed by atoms with E-state index in [0.29, 0.717) is 6.20 Å². The Kier molecular flexibility index (Phi) is 6.08. The normalized spacial score (nSPS) is 35.5. The zero-order chi connectivity index (χ0) is 25.4. The molecule has 2 heterocycles. The molecule has 0 bridgehead atoms. The minimum absolute atomic E-state index is 0.195. The highest BCUT2D eigenvalue weighted by Crippen LogP contribution is 2.75. The summed E-state index contributed by atoms with van der Waals surface area (Å²) in [7, 11) is -18.2. The molecule has 23 heteroatoms. The van der Waals surface area contributed by atoms with Crippen molar-refractivity contribution in [2.24, 2.45) is 0 Å². The van der Waals surface area contributed by atoms with E-state index in [-0.39, 0.29) is 10.4 Å². The van der Waals surface area contributed by atoms with Crippen LogP contribution in [-0.2, 0) is 31.6 Å². The van der Waals surface area contributed by atoms with E-state index in [9.17, 15) is 46.1 Å². The number of rotatable bonds is 7. The Morgan fingerprint density at radius 2 is 1.73 bits per heavy atom. The molecule has 2 aliphatic rings. The lowest BCUT2D eigenvalue weighted by Crippen LogP contribution is -2.41. The van der Waals surface area contributed by atoms with Gasteiger partial charge in [0, 0.05) is 6.20 Å². The Hall–Kier alpha value is -1.27. The van der Waals surface area contributed by atoms with Gasteiger partial charge >= 0.3 is 35.3 Å². The van der Waals surface area contributed by atoms with Gasteiger partial charge in [-0.1, -0.05) is 0 Å². The molecule has 1 aromatic rings. The molecule has 2 fully saturated rings. The Labute approximate surface area is 177 Å². The fourth-order valence-corrected chi connectivity index (χ4v) is 6.48. The van der Waals surface area contributed by atoms with Crippen molar-refractivity contribution in [1.29, 1.82) is 0 Å². The number of nitrogens with two attached hydrogens (primary N) is 1. The second-order valence-electron chi connectivity index (χ2n) is 6.59. The van der Waals surface area contributed by atoms with Crippen LogP contribution in [0.3, 0.4) is 0 Å². The number of nitrogen functional groups attached to an aromatic ring is 1. The third-order valence-corrected chi connectivity index (χ3v) is 8.26. The van der Waals surface area contributed by atoms with Crippen LogP contribution in [0, 0.1) is 0 Å². The number of aliphatic hydroxyl groups is 1. The maximum Gasteiger partial charge on any atom is 0.490 e. The smallest absolute Gasteiger partial charge is 0.383 e. The molecule has 0 aromatic carbocycles. The molecule has 3 unspecified atom stereocenters. The van der Waals surface area contributed by atoms with Crippen LogP contribution in [0.1, 0.15) is 6.23 Å². The molecule has 1 saturated heterocycles. The summed E-state index contributed by atoms with van der Waals surface area (Å²) in [5, 5.41) is 10.3. The lowest BCUT2D eigenvalue weighted by molar-refractivity contribution is -0.260. The van der Waals surface area contributed by atoms with Crippen LogP contribution in [0.2, 0.25) is 0 Å². The van der Waals surface area contributed by atoms with Crippen LogP contribution >= 0.6 is 23.5 Å². The van der Waals surface area contributed by atoms with Gasteiger partial charge in [0.25, 0.3) is 0 Å². The molecule has 0 amide bonds. The van der Waals surface area contributed by atoms with Gasteiger partial charge < -0.3 is 35.2 Å². The molecule has 0 radical (unpaired) electrons. The standard InChI is InChI=1S/C10H12F4N3O13P3/c11-4-5(17-2-1-3(15)16-7(17)18)27-9(10(12,13)14)6(8(4,9)19)28-32(23,24)30-33(25,26)29-31(20,21)22/h1-2,4-6,19H,(H,23,24)(H,25,26)(H2,15,16,18)(H2,20,21,22)/t4-,5+,6?,8+,9+/m0/s1. The molecule has 16 nitrogen and oxygen atoms in total. The first-order valence-corrected chi connectivity index (χ1v) is 12.5. The van der Waals surface area contributed by atoms with Crippen LogP contribution in [-0.4, -0.2) is 63.9 Å². The molecule has 3 rings (SSSR count). The number of phosphoric ester groups is 1. The Balaban J connectivity index is 1.92. The van der Waals surface area contributed by atoms with Gasteiger partial charge in [0.05, 0.1) is 0 Å². The van der Waals surface area contributed by atoms with Crippen molar-refractivity contribution in [2.75, 3.05) is 5.73 Å². The SMILES string of the molecule is Nc1ccn([C@@H]2O[C@]3(C(F)(F)F)C(OP(=O)(O)OP(=O)(O)OP(=O)(O)O)[C@]3(O)[C@H]2F)c(=O)n1. The van der Waals surface area contributed by atoms with E-state index in [2.05, 4.69) is 22.9 Å².